The fraction of sp³-hybridized carbons (Fsp3) is 0.917. The second-order valence-corrected chi connectivity index (χ2v) is 4.57. The highest BCUT2D eigenvalue weighted by Gasteiger charge is 2.17. The van der Waals surface area contributed by atoms with Crippen LogP contribution in [-0.4, -0.2) is 31.8 Å². The molecule has 1 aliphatic rings. The van der Waals surface area contributed by atoms with Crippen molar-refractivity contribution in [2.75, 3.05) is 19.7 Å². The van der Waals surface area contributed by atoms with Crippen LogP contribution in [0.15, 0.2) is 0 Å². The summed E-state index contributed by atoms with van der Waals surface area (Å²) in [5, 5.41) is 6.19. The predicted octanol–water partition coefficient (Wildman–Crippen LogP) is 1.90. The van der Waals surface area contributed by atoms with Crippen LogP contribution in [0.4, 0.5) is 4.79 Å². The molecule has 0 aliphatic heterocycles. The molecule has 2 atom stereocenters. The van der Waals surface area contributed by atoms with Crippen molar-refractivity contribution in [3.8, 4) is 0 Å². The van der Waals surface area contributed by atoms with Crippen molar-refractivity contribution < 1.29 is 9.53 Å². The molecule has 0 heterocycles. The van der Waals surface area contributed by atoms with Crippen molar-refractivity contribution in [1.82, 2.24) is 10.6 Å². The minimum Gasteiger partial charge on any atom is -0.450 e. The van der Waals surface area contributed by atoms with Crippen LogP contribution < -0.4 is 10.6 Å². The molecule has 4 nitrogen and oxygen atoms in total. The summed E-state index contributed by atoms with van der Waals surface area (Å²) in [6, 6.07) is 0.632. The summed E-state index contributed by atoms with van der Waals surface area (Å²) in [7, 11) is 0. The SMILES string of the molecule is CCOC(=O)NCCNC1CCCC(C)C1. The molecule has 94 valence electrons. The number of alkyl carbamates (subject to hydrolysis) is 1. The predicted molar refractivity (Wildman–Crippen MR) is 64.4 cm³/mol. The zero-order valence-electron chi connectivity index (χ0n) is 10.4. The Morgan fingerprint density at radius 1 is 1.38 bits per heavy atom. The lowest BCUT2D eigenvalue weighted by atomic mass is 9.87. The lowest BCUT2D eigenvalue weighted by Crippen LogP contribution is -2.39. The summed E-state index contributed by atoms with van der Waals surface area (Å²) in [4.78, 5) is 11.0. The van der Waals surface area contributed by atoms with E-state index >= 15 is 0 Å². The maximum absolute atomic E-state index is 11.0. The number of amides is 1. The van der Waals surface area contributed by atoms with Crippen molar-refractivity contribution in [2.45, 2.75) is 45.6 Å². The van der Waals surface area contributed by atoms with Gasteiger partial charge in [-0.2, -0.15) is 0 Å². The molecule has 0 aromatic heterocycles. The first-order valence-corrected chi connectivity index (χ1v) is 6.36. The Labute approximate surface area is 98.1 Å². The summed E-state index contributed by atoms with van der Waals surface area (Å²) in [5.41, 5.74) is 0. The maximum Gasteiger partial charge on any atom is 0.407 e. The van der Waals surface area contributed by atoms with Gasteiger partial charge in [0.2, 0.25) is 0 Å². The number of hydrogen-bond acceptors (Lipinski definition) is 3. The number of hydrogen-bond donors (Lipinski definition) is 2. The third kappa shape index (κ3) is 5.35. The van der Waals surface area contributed by atoms with Gasteiger partial charge in [0.05, 0.1) is 6.61 Å². The van der Waals surface area contributed by atoms with Gasteiger partial charge in [0.25, 0.3) is 0 Å². The Balaban J connectivity index is 2.00. The van der Waals surface area contributed by atoms with Crippen molar-refractivity contribution in [2.24, 2.45) is 5.92 Å². The first kappa shape index (κ1) is 13.3. The smallest absolute Gasteiger partial charge is 0.407 e. The van der Waals surface area contributed by atoms with E-state index in [-0.39, 0.29) is 6.09 Å². The van der Waals surface area contributed by atoms with Gasteiger partial charge in [-0.05, 0) is 25.7 Å². The Morgan fingerprint density at radius 2 is 2.19 bits per heavy atom. The van der Waals surface area contributed by atoms with Crippen LogP contribution in [0.2, 0.25) is 0 Å². The van der Waals surface area contributed by atoms with Gasteiger partial charge in [0.15, 0.2) is 0 Å². The maximum atomic E-state index is 11.0. The highest BCUT2D eigenvalue weighted by atomic mass is 16.5. The first-order valence-electron chi connectivity index (χ1n) is 6.36. The van der Waals surface area contributed by atoms with E-state index in [2.05, 4.69) is 17.6 Å². The van der Waals surface area contributed by atoms with Crippen molar-refractivity contribution in [3.63, 3.8) is 0 Å². The molecule has 1 amide bonds. The summed E-state index contributed by atoms with van der Waals surface area (Å²) >= 11 is 0. The van der Waals surface area contributed by atoms with Gasteiger partial charge < -0.3 is 15.4 Å². The Bertz CT molecular complexity index is 209. The summed E-state index contributed by atoms with van der Waals surface area (Å²) in [6.07, 6.45) is 4.90. The third-order valence-electron chi connectivity index (χ3n) is 3.04. The number of carbonyl (C=O) groups excluding carboxylic acids is 1. The van der Waals surface area contributed by atoms with E-state index < -0.39 is 0 Å². The molecular weight excluding hydrogens is 204 g/mol. The van der Waals surface area contributed by atoms with E-state index in [1.807, 2.05) is 0 Å². The van der Waals surface area contributed by atoms with Crippen molar-refractivity contribution >= 4 is 6.09 Å². The summed E-state index contributed by atoms with van der Waals surface area (Å²) < 4.78 is 4.77. The average molecular weight is 228 g/mol. The minimum absolute atomic E-state index is 0.318. The van der Waals surface area contributed by atoms with Crippen LogP contribution in [0, 0.1) is 5.92 Å². The second-order valence-electron chi connectivity index (χ2n) is 4.57. The van der Waals surface area contributed by atoms with E-state index in [4.69, 9.17) is 4.74 Å². The van der Waals surface area contributed by atoms with Crippen LogP contribution in [0.3, 0.4) is 0 Å². The van der Waals surface area contributed by atoms with Crippen molar-refractivity contribution in [1.29, 1.82) is 0 Å². The quantitative estimate of drug-likeness (QED) is 0.707. The van der Waals surface area contributed by atoms with E-state index in [0.29, 0.717) is 19.2 Å². The number of ether oxygens (including phenoxy) is 1. The summed E-state index contributed by atoms with van der Waals surface area (Å²) in [6.45, 7) is 6.02. The van der Waals surface area contributed by atoms with Gasteiger partial charge in [-0.1, -0.05) is 19.8 Å². The Kier molecular flexibility index (Phi) is 6.23. The highest BCUT2D eigenvalue weighted by Crippen LogP contribution is 2.23. The summed E-state index contributed by atoms with van der Waals surface area (Å²) in [5.74, 6) is 0.837. The molecule has 1 fully saturated rings. The number of carbonyl (C=O) groups is 1. The third-order valence-corrected chi connectivity index (χ3v) is 3.04. The molecule has 0 aromatic rings. The minimum atomic E-state index is -0.318. The van der Waals surface area contributed by atoms with E-state index in [9.17, 15) is 4.79 Å². The number of rotatable bonds is 5. The average Bonchev–Trinajstić information content (AvgIpc) is 2.25. The normalized spacial score (nSPS) is 25.1. The second kappa shape index (κ2) is 7.49. The molecule has 4 heteroatoms. The van der Waals surface area contributed by atoms with Gasteiger partial charge in [0.1, 0.15) is 0 Å². The standard InChI is InChI=1S/C12H24N2O2/c1-3-16-12(15)14-8-7-13-11-6-4-5-10(2)9-11/h10-11,13H,3-9H2,1-2H3,(H,14,15). The monoisotopic (exact) mass is 228 g/mol. The lowest BCUT2D eigenvalue weighted by molar-refractivity contribution is 0.152. The Morgan fingerprint density at radius 3 is 2.88 bits per heavy atom. The fourth-order valence-corrected chi connectivity index (χ4v) is 2.24. The molecule has 0 bridgehead atoms. The molecule has 0 aromatic carbocycles. The largest absolute Gasteiger partial charge is 0.450 e. The highest BCUT2D eigenvalue weighted by molar-refractivity contribution is 5.66. The van der Waals surface area contributed by atoms with E-state index in [1.165, 1.54) is 25.7 Å². The molecule has 1 aliphatic carbocycles. The van der Waals surface area contributed by atoms with Crippen LogP contribution in [-0.2, 0) is 4.74 Å². The molecule has 1 saturated carbocycles. The molecule has 2 N–H and O–H groups in total. The molecule has 2 unspecified atom stereocenters. The van der Waals surface area contributed by atoms with E-state index in [0.717, 1.165) is 12.5 Å². The molecule has 0 radical (unpaired) electrons. The van der Waals surface area contributed by atoms with E-state index in [1.54, 1.807) is 6.92 Å². The molecule has 16 heavy (non-hydrogen) atoms. The van der Waals surface area contributed by atoms with Gasteiger partial charge in [0, 0.05) is 19.1 Å². The van der Waals surface area contributed by atoms with Crippen LogP contribution in [0.25, 0.3) is 0 Å². The Hall–Kier alpha value is -0.770. The van der Waals surface area contributed by atoms with Gasteiger partial charge in [-0.3, -0.25) is 0 Å². The van der Waals surface area contributed by atoms with Crippen LogP contribution >= 0.6 is 0 Å². The zero-order chi connectivity index (χ0) is 11.8. The first-order chi connectivity index (χ1) is 7.72. The lowest BCUT2D eigenvalue weighted by Gasteiger charge is -2.27. The zero-order valence-corrected chi connectivity index (χ0v) is 10.4. The topological polar surface area (TPSA) is 50.4 Å². The fourth-order valence-electron chi connectivity index (χ4n) is 2.24. The molecule has 0 saturated heterocycles. The molecular formula is C12H24N2O2. The van der Waals surface area contributed by atoms with Gasteiger partial charge in [-0.25, -0.2) is 4.79 Å². The van der Waals surface area contributed by atoms with Crippen molar-refractivity contribution in [3.05, 3.63) is 0 Å². The number of nitrogens with one attached hydrogen (secondary N) is 2. The van der Waals surface area contributed by atoms with Gasteiger partial charge >= 0.3 is 6.09 Å². The molecule has 1 rings (SSSR count). The van der Waals surface area contributed by atoms with Crippen LogP contribution in [0.5, 0.6) is 0 Å². The van der Waals surface area contributed by atoms with Crippen LogP contribution in [0.1, 0.15) is 39.5 Å². The van der Waals surface area contributed by atoms with Gasteiger partial charge in [-0.15, -0.1) is 0 Å². The molecule has 0 spiro atoms.